The predicted molar refractivity (Wildman–Crippen MR) is 84.5 cm³/mol. The van der Waals surface area contributed by atoms with Gasteiger partial charge in [0, 0.05) is 16.6 Å². The highest BCUT2D eigenvalue weighted by molar-refractivity contribution is 6.31. The minimum absolute atomic E-state index is 0.0197. The summed E-state index contributed by atoms with van der Waals surface area (Å²) in [6, 6.07) is 10.1. The summed E-state index contributed by atoms with van der Waals surface area (Å²) in [5, 5.41) is 0.704. The summed E-state index contributed by atoms with van der Waals surface area (Å²) in [5.41, 5.74) is 7.13. The third-order valence-corrected chi connectivity index (χ3v) is 3.51. The molecule has 0 spiro atoms. The van der Waals surface area contributed by atoms with Crippen LogP contribution in [-0.4, -0.2) is 6.04 Å². The van der Waals surface area contributed by atoms with Crippen molar-refractivity contribution in [1.82, 2.24) is 0 Å². The number of hydrogen-bond acceptors (Lipinski definition) is 2. The molecule has 112 valence electrons. The topological polar surface area (TPSA) is 35.2 Å². The van der Waals surface area contributed by atoms with Gasteiger partial charge in [0.2, 0.25) is 0 Å². The number of hydrogen-bond donors (Lipinski definition) is 1. The molecule has 0 heterocycles. The Morgan fingerprint density at radius 3 is 2.67 bits per heavy atom. The van der Waals surface area contributed by atoms with Crippen LogP contribution < -0.4 is 10.5 Å². The number of rotatable bonds is 5. The smallest absolute Gasteiger partial charge is 0.148 e. The maximum atomic E-state index is 13.8. The molecule has 0 bridgehead atoms. The molecule has 0 radical (unpaired) electrons. The van der Waals surface area contributed by atoms with Gasteiger partial charge in [0.15, 0.2) is 0 Å². The summed E-state index contributed by atoms with van der Waals surface area (Å²) in [6.45, 7) is 2.00. The highest BCUT2D eigenvalue weighted by Gasteiger charge is 2.10. The molecule has 2 aromatic rings. The fraction of sp³-hybridized carbons (Fsp3) is 0.250. The van der Waals surface area contributed by atoms with E-state index in [4.69, 9.17) is 33.7 Å². The molecule has 2 rings (SSSR count). The van der Waals surface area contributed by atoms with E-state index in [1.165, 1.54) is 6.07 Å². The third kappa shape index (κ3) is 4.34. The third-order valence-electron chi connectivity index (χ3n) is 2.98. The van der Waals surface area contributed by atoms with Gasteiger partial charge in [-0.15, -0.1) is 0 Å². The van der Waals surface area contributed by atoms with Gasteiger partial charge in [-0.1, -0.05) is 35.3 Å². The van der Waals surface area contributed by atoms with Gasteiger partial charge >= 0.3 is 0 Å². The summed E-state index contributed by atoms with van der Waals surface area (Å²) in [7, 11) is 0. The zero-order valence-electron chi connectivity index (χ0n) is 11.6. The number of benzene rings is 2. The van der Waals surface area contributed by atoms with E-state index in [2.05, 4.69) is 0 Å². The van der Waals surface area contributed by atoms with E-state index in [9.17, 15) is 4.39 Å². The molecule has 1 atom stereocenters. The Balaban J connectivity index is 2.18. The van der Waals surface area contributed by atoms with Crippen molar-refractivity contribution in [1.29, 1.82) is 0 Å². The number of ether oxygens (including phenoxy) is 1. The molecule has 0 saturated carbocycles. The first-order valence-corrected chi connectivity index (χ1v) is 7.32. The SMILES string of the molecule is CC(N)Cc1cc(Cl)ccc1OCc1cccc(Cl)c1F. The molecule has 0 aromatic heterocycles. The van der Waals surface area contributed by atoms with Gasteiger partial charge in [0.25, 0.3) is 0 Å². The van der Waals surface area contributed by atoms with Crippen LogP contribution in [0.5, 0.6) is 5.75 Å². The second kappa shape index (κ2) is 7.12. The van der Waals surface area contributed by atoms with Crippen molar-refractivity contribution in [2.45, 2.75) is 26.0 Å². The van der Waals surface area contributed by atoms with Gasteiger partial charge in [-0.3, -0.25) is 0 Å². The Hall–Kier alpha value is -1.29. The van der Waals surface area contributed by atoms with Crippen LogP contribution in [0.4, 0.5) is 4.39 Å². The molecule has 2 nitrogen and oxygen atoms in total. The van der Waals surface area contributed by atoms with Crippen LogP contribution in [-0.2, 0) is 13.0 Å². The average molecular weight is 328 g/mol. The van der Waals surface area contributed by atoms with Crippen molar-refractivity contribution in [2.24, 2.45) is 5.73 Å². The van der Waals surface area contributed by atoms with Crippen molar-refractivity contribution in [3.8, 4) is 5.75 Å². The molecule has 1 unspecified atom stereocenters. The molecule has 2 aromatic carbocycles. The molecule has 2 N–H and O–H groups in total. The molecular weight excluding hydrogens is 312 g/mol. The van der Waals surface area contributed by atoms with Gasteiger partial charge < -0.3 is 10.5 Å². The average Bonchev–Trinajstić information content (AvgIpc) is 2.41. The van der Waals surface area contributed by atoms with E-state index in [0.29, 0.717) is 22.8 Å². The van der Waals surface area contributed by atoms with E-state index < -0.39 is 5.82 Å². The lowest BCUT2D eigenvalue weighted by atomic mass is 10.1. The Morgan fingerprint density at radius 1 is 1.19 bits per heavy atom. The second-order valence-electron chi connectivity index (χ2n) is 4.94. The van der Waals surface area contributed by atoms with Crippen molar-refractivity contribution in [2.75, 3.05) is 0 Å². The number of halogens is 3. The van der Waals surface area contributed by atoms with Crippen molar-refractivity contribution in [3.63, 3.8) is 0 Å². The highest BCUT2D eigenvalue weighted by atomic mass is 35.5. The van der Waals surface area contributed by atoms with Crippen LogP contribution in [0.2, 0.25) is 10.0 Å². The zero-order valence-corrected chi connectivity index (χ0v) is 13.1. The Bertz CT molecular complexity index is 632. The monoisotopic (exact) mass is 327 g/mol. The van der Waals surface area contributed by atoms with Gasteiger partial charge in [-0.05, 0) is 43.2 Å². The lowest BCUT2D eigenvalue weighted by Gasteiger charge is -2.14. The Kier molecular flexibility index (Phi) is 5.45. The molecule has 21 heavy (non-hydrogen) atoms. The van der Waals surface area contributed by atoms with Crippen molar-refractivity contribution in [3.05, 3.63) is 63.4 Å². The molecule has 0 fully saturated rings. The van der Waals surface area contributed by atoms with E-state index in [-0.39, 0.29) is 17.7 Å². The van der Waals surface area contributed by atoms with Gasteiger partial charge in [-0.25, -0.2) is 4.39 Å². The Labute approximate surface area is 133 Å². The van der Waals surface area contributed by atoms with Gasteiger partial charge in [-0.2, -0.15) is 0 Å². The Morgan fingerprint density at radius 2 is 1.95 bits per heavy atom. The normalized spacial score (nSPS) is 12.2. The molecule has 0 aliphatic heterocycles. The maximum absolute atomic E-state index is 13.8. The fourth-order valence-electron chi connectivity index (χ4n) is 2.01. The summed E-state index contributed by atoms with van der Waals surface area (Å²) >= 11 is 11.7. The minimum atomic E-state index is -0.457. The standard InChI is InChI=1S/C16H16Cl2FNO/c1-10(20)7-12-8-13(17)5-6-15(12)21-9-11-3-2-4-14(18)16(11)19/h2-6,8,10H,7,9,20H2,1H3. The summed E-state index contributed by atoms with van der Waals surface area (Å²) in [5.74, 6) is 0.193. The maximum Gasteiger partial charge on any atom is 0.148 e. The van der Waals surface area contributed by atoms with Crippen LogP contribution in [0.25, 0.3) is 0 Å². The quantitative estimate of drug-likeness (QED) is 0.870. The van der Waals surface area contributed by atoms with E-state index in [1.807, 2.05) is 13.0 Å². The first kappa shape index (κ1) is 16.1. The van der Waals surface area contributed by atoms with Crippen LogP contribution in [0.15, 0.2) is 36.4 Å². The van der Waals surface area contributed by atoms with Gasteiger partial charge in [0.05, 0.1) is 5.02 Å². The summed E-state index contributed by atoms with van der Waals surface area (Å²) < 4.78 is 19.5. The van der Waals surface area contributed by atoms with Crippen molar-refractivity contribution < 1.29 is 9.13 Å². The molecule has 0 amide bonds. The minimum Gasteiger partial charge on any atom is -0.489 e. The number of nitrogens with two attached hydrogens (primary N) is 1. The fourth-order valence-corrected chi connectivity index (χ4v) is 2.40. The molecule has 0 aliphatic carbocycles. The molecule has 5 heteroatoms. The van der Waals surface area contributed by atoms with Crippen LogP contribution >= 0.6 is 23.2 Å². The largest absolute Gasteiger partial charge is 0.489 e. The van der Waals surface area contributed by atoms with Crippen LogP contribution in [0.3, 0.4) is 0 Å². The van der Waals surface area contributed by atoms with E-state index >= 15 is 0 Å². The molecule has 0 aliphatic rings. The predicted octanol–water partition coefficient (Wildman–Crippen LogP) is 4.60. The second-order valence-corrected chi connectivity index (χ2v) is 5.78. The first-order chi connectivity index (χ1) is 9.97. The highest BCUT2D eigenvalue weighted by Crippen LogP contribution is 2.26. The lowest BCUT2D eigenvalue weighted by Crippen LogP contribution is -2.18. The van der Waals surface area contributed by atoms with E-state index in [0.717, 1.165) is 5.56 Å². The lowest BCUT2D eigenvalue weighted by molar-refractivity contribution is 0.296. The van der Waals surface area contributed by atoms with Crippen LogP contribution in [0.1, 0.15) is 18.1 Å². The van der Waals surface area contributed by atoms with Crippen molar-refractivity contribution >= 4 is 23.2 Å². The summed E-state index contributed by atoms with van der Waals surface area (Å²) in [4.78, 5) is 0. The molecular formula is C16H16Cl2FNO. The molecule has 0 saturated heterocycles. The van der Waals surface area contributed by atoms with Gasteiger partial charge in [0.1, 0.15) is 18.2 Å². The van der Waals surface area contributed by atoms with E-state index in [1.54, 1.807) is 24.3 Å². The summed E-state index contributed by atoms with van der Waals surface area (Å²) in [6.07, 6.45) is 0.633. The zero-order chi connectivity index (χ0) is 15.4. The van der Waals surface area contributed by atoms with Crippen LogP contribution in [0, 0.1) is 5.82 Å². The first-order valence-electron chi connectivity index (χ1n) is 6.57.